The summed E-state index contributed by atoms with van der Waals surface area (Å²) in [4.78, 5) is 12.1. The Labute approximate surface area is 130 Å². The molecule has 0 saturated carbocycles. The van der Waals surface area contributed by atoms with Crippen molar-refractivity contribution in [3.8, 4) is 5.75 Å². The monoisotopic (exact) mass is 353 g/mol. The molecule has 104 valence electrons. The summed E-state index contributed by atoms with van der Waals surface area (Å²) in [6.45, 7) is 1.91. The van der Waals surface area contributed by atoms with Crippen LogP contribution in [-0.4, -0.2) is 11.0 Å². The number of phenolic OH excluding ortho intramolecular Hbond substituents is 1. The first kappa shape index (κ1) is 14.9. The largest absolute Gasteiger partial charge is 0.506 e. The van der Waals surface area contributed by atoms with Crippen LogP contribution < -0.4 is 5.32 Å². The van der Waals surface area contributed by atoms with Gasteiger partial charge < -0.3 is 10.4 Å². The van der Waals surface area contributed by atoms with Gasteiger partial charge in [-0.05, 0) is 42.8 Å². The number of phenols is 1. The van der Waals surface area contributed by atoms with Crippen molar-refractivity contribution in [1.29, 1.82) is 0 Å². The molecule has 2 N–H and O–H groups in total. The summed E-state index contributed by atoms with van der Waals surface area (Å²) in [5, 5.41) is 12.4. The molecule has 0 fully saturated rings. The van der Waals surface area contributed by atoms with Gasteiger partial charge >= 0.3 is 0 Å². The zero-order chi connectivity index (χ0) is 14.7. The Morgan fingerprint density at radius 2 is 1.90 bits per heavy atom. The fourth-order valence-corrected chi connectivity index (χ4v) is 2.21. The molecule has 1 unspecified atom stereocenters. The van der Waals surface area contributed by atoms with E-state index in [2.05, 4.69) is 21.2 Å². The van der Waals surface area contributed by atoms with Crippen LogP contribution in [0, 0.1) is 0 Å². The minimum atomic E-state index is -0.234. The first-order valence-corrected chi connectivity index (χ1v) is 7.19. The molecule has 2 aromatic rings. The summed E-state index contributed by atoms with van der Waals surface area (Å²) < 4.78 is 0.991. The maximum absolute atomic E-state index is 12.1. The van der Waals surface area contributed by atoms with Crippen LogP contribution in [0.4, 0.5) is 0 Å². The number of carbonyl (C=O) groups excluding carboxylic acids is 1. The fourth-order valence-electron chi connectivity index (χ4n) is 1.76. The Balaban J connectivity index is 2.10. The van der Waals surface area contributed by atoms with Crippen LogP contribution >= 0.6 is 27.5 Å². The number of carbonyl (C=O) groups is 1. The molecule has 2 aromatic carbocycles. The predicted octanol–water partition coefficient (Wildman–Crippen LogP) is 4.30. The molecule has 20 heavy (non-hydrogen) atoms. The summed E-state index contributed by atoms with van der Waals surface area (Å²) in [7, 11) is 0. The Morgan fingerprint density at radius 1 is 1.25 bits per heavy atom. The minimum absolute atomic E-state index is 0.0378. The van der Waals surface area contributed by atoms with Crippen LogP contribution in [0.3, 0.4) is 0 Å². The molecular formula is C15H13BrClNO2. The zero-order valence-electron chi connectivity index (χ0n) is 10.7. The molecule has 0 aliphatic rings. The van der Waals surface area contributed by atoms with E-state index in [1.54, 1.807) is 0 Å². The van der Waals surface area contributed by atoms with E-state index in [-0.39, 0.29) is 22.7 Å². The van der Waals surface area contributed by atoms with Gasteiger partial charge in [0.25, 0.3) is 5.91 Å². The standard InChI is InChI=1S/C15H13BrClNO2/c1-9(10-2-5-12(16)6-3-10)18-15(20)11-4-7-14(19)13(17)8-11/h2-9,19H,1H3,(H,18,20). The SMILES string of the molecule is CC(NC(=O)c1ccc(O)c(Cl)c1)c1ccc(Br)cc1. The number of hydrogen-bond donors (Lipinski definition) is 2. The molecule has 0 aliphatic heterocycles. The molecule has 0 aromatic heterocycles. The normalized spacial score (nSPS) is 11.9. The second-order valence-corrected chi connectivity index (χ2v) is 5.74. The van der Waals surface area contributed by atoms with E-state index in [9.17, 15) is 9.90 Å². The number of hydrogen-bond acceptors (Lipinski definition) is 2. The molecule has 0 radical (unpaired) electrons. The number of amides is 1. The number of aromatic hydroxyl groups is 1. The highest BCUT2D eigenvalue weighted by molar-refractivity contribution is 9.10. The number of benzene rings is 2. The lowest BCUT2D eigenvalue weighted by Crippen LogP contribution is -2.26. The molecule has 3 nitrogen and oxygen atoms in total. The lowest BCUT2D eigenvalue weighted by molar-refractivity contribution is 0.0940. The Bertz CT molecular complexity index is 628. The Kier molecular flexibility index (Phi) is 4.68. The number of halogens is 2. The first-order valence-electron chi connectivity index (χ1n) is 6.02. The highest BCUT2D eigenvalue weighted by Gasteiger charge is 2.12. The molecular weight excluding hydrogens is 342 g/mol. The molecule has 0 aliphatic carbocycles. The summed E-state index contributed by atoms with van der Waals surface area (Å²) in [6.07, 6.45) is 0. The van der Waals surface area contributed by atoms with Crippen molar-refractivity contribution in [3.05, 3.63) is 63.1 Å². The van der Waals surface area contributed by atoms with Gasteiger partial charge in [0.2, 0.25) is 0 Å². The number of rotatable bonds is 3. The lowest BCUT2D eigenvalue weighted by atomic mass is 10.1. The molecule has 0 saturated heterocycles. The zero-order valence-corrected chi connectivity index (χ0v) is 13.1. The van der Waals surface area contributed by atoms with Gasteiger partial charge in [0.1, 0.15) is 5.75 Å². The topological polar surface area (TPSA) is 49.3 Å². The van der Waals surface area contributed by atoms with E-state index in [0.29, 0.717) is 5.56 Å². The van der Waals surface area contributed by atoms with Crippen molar-refractivity contribution >= 4 is 33.4 Å². The summed E-state index contributed by atoms with van der Waals surface area (Å²) >= 11 is 9.16. The van der Waals surface area contributed by atoms with Gasteiger partial charge in [0, 0.05) is 10.0 Å². The van der Waals surface area contributed by atoms with Gasteiger partial charge in [-0.3, -0.25) is 4.79 Å². The summed E-state index contributed by atoms with van der Waals surface area (Å²) in [6, 6.07) is 12.0. The Hall–Kier alpha value is -1.52. The van der Waals surface area contributed by atoms with E-state index in [1.807, 2.05) is 31.2 Å². The molecule has 0 spiro atoms. The molecule has 0 bridgehead atoms. The van der Waals surface area contributed by atoms with Crippen molar-refractivity contribution < 1.29 is 9.90 Å². The van der Waals surface area contributed by atoms with Crippen molar-refractivity contribution in [1.82, 2.24) is 5.32 Å². The van der Waals surface area contributed by atoms with Gasteiger partial charge in [-0.2, -0.15) is 0 Å². The summed E-state index contributed by atoms with van der Waals surface area (Å²) in [5.74, 6) is -0.272. The van der Waals surface area contributed by atoms with Crippen LogP contribution in [0.5, 0.6) is 5.75 Å². The second kappa shape index (κ2) is 6.29. The number of nitrogens with one attached hydrogen (secondary N) is 1. The van der Waals surface area contributed by atoms with Crippen LogP contribution in [0.2, 0.25) is 5.02 Å². The quantitative estimate of drug-likeness (QED) is 0.863. The minimum Gasteiger partial charge on any atom is -0.506 e. The smallest absolute Gasteiger partial charge is 0.251 e. The second-order valence-electron chi connectivity index (χ2n) is 4.41. The van der Waals surface area contributed by atoms with Crippen molar-refractivity contribution in [2.24, 2.45) is 0 Å². The van der Waals surface area contributed by atoms with Crippen LogP contribution in [0.1, 0.15) is 28.9 Å². The van der Waals surface area contributed by atoms with E-state index in [0.717, 1.165) is 10.0 Å². The van der Waals surface area contributed by atoms with Gasteiger partial charge in [0.15, 0.2) is 0 Å². The Morgan fingerprint density at radius 3 is 2.50 bits per heavy atom. The third-order valence-corrected chi connectivity index (χ3v) is 3.76. The third-order valence-electron chi connectivity index (χ3n) is 2.93. The highest BCUT2D eigenvalue weighted by atomic mass is 79.9. The average molecular weight is 355 g/mol. The molecule has 5 heteroatoms. The highest BCUT2D eigenvalue weighted by Crippen LogP contribution is 2.24. The van der Waals surface area contributed by atoms with Crippen molar-refractivity contribution in [2.75, 3.05) is 0 Å². The van der Waals surface area contributed by atoms with E-state index in [4.69, 9.17) is 11.6 Å². The van der Waals surface area contributed by atoms with Crippen molar-refractivity contribution in [2.45, 2.75) is 13.0 Å². The summed E-state index contributed by atoms with van der Waals surface area (Å²) in [5.41, 5.74) is 1.42. The first-order chi connectivity index (χ1) is 9.47. The fraction of sp³-hybridized carbons (Fsp3) is 0.133. The average Bonchev–Trinajstić information content (AvgIpc) is 2.42. The van der Waals surface area contributed by atoms with Gasteiger partial charge in [-0.1, -0.05) is 39.7 Å². The van der Waals surface area contributed by atoms with E-state index < -0.39 is 0 Å². The van der Waals surface area contributed by atoms with Crippen molar-refractivity contribution in [3.63, 3.8) is 0 Å². The van der Waals surface area contributed by atoms with E-state index in [1.165, 1.54) is 18.2 Å². The lowest BCUT2D eigenvalue weighted by Gasteiger charge is -2.14. The maximum atomic E-state index is 12.1. The molecule has 2 rings (SSSR count). The predicted molar refractivity (Wildman–Crippen MR) is 83.1 cm³/mol. The molecule has 1 amide bonds. The van der Waals surface area contributed by atoms with Crippen LogP contribution in [0.25, 0.3) is 0 Å². The molecule has 0 heterocycles. The third kappa shape index (κ3) is 3.52. The van der Waals surface area contributed by atoms with Gasteiger partial charge in [0.05, 0.1) is 11.1 Å². The van der Waals surface area contributed by atoms with Crippen LogP contribution in [-0.2, 0) is 0 Å². The van der Waals surface area contributed by atoms with E-state index >= 15 is 0 Å². The van der Waals surface area contributed by atoms with Gasteiger partial charge in [-0.25, -0.2) is 0 Å². The maximum Gasteiger partial charge on any atom is 0.251 e. The van der Waals surface area contributed by atoms with Crippen LogP contribution in [0.15, 0.2) is 46.9 Å². The molecule has 1 atom stereocenters. The van der Waals surface area contributed by atoms with Gasteiger partial charge in [-0.15, -0.1) is 0 Å².